The number of aromatic nitrogens is 1. The number of hydrogen-bond acceptors (Lipinski definition) is 6. The van der Waals surface area contributed by atoms with Gasteiger partial charge in [0, 0.05) is 12.2 Å². The van der Waals surface area contributed by atoms with E-state index in [-0.39, 0.29) is 16.3 Å². The van der Waals surface area contributed by atoms with Crippen LogP contribution in [0.15, 0.2) is 48.5 Å². The highest BCUT2D eigenvalue weighted by Crippen LogP contribution is 2.35. The number of anilines is 2. The molecule has 0 saturated heterocycles. The topological polar surface area (TPSA) is 131 Å². The number of nitrogens with two attached hydrogens (primary N) is 2. The predicted octanol–water partition coefficient (Wildman–Crippen LogP) is 4.08. The van der Waals surface area contributed by atoms with Crippen molar-refractivity contribution < 1.29 is 18.8 Å². The van der Waals surface area contributed by atoms with Crippen LogP contribution >= 0.6 is 11.5 Å². The number of rotatable bonds is 10. The molecule has 0 radical (unpaired) electrons. The number of benzene rings is 2. The monoisotopic (exact) mass is 511 g/mol. The number of halogens is 1. The van der Waals surface area contributed by atoms with Gasteiger partial charge in [0.15, 0.2) is 5.69 Å². The van der Waals surface area contributed by atoms with Crippen LogP contribution in [0.3, 0.4) is 0 Å². The van der Waals surface area contributed by atoms with Crippen LogP contribution in [-0.4, -0.2) is 28.6 Å². The van der Waals surface area contributed by atoms with Gasteiger partial charge in [-0.3, -0.25) is 19.3 Å². The number of nitrogens with zero attached hydrogens (tertiary/aromatic N) is 2. The number of nitrogen functional groups attached to an aromatic ring is 1. The zero-order valence-electron chi connectivity index (χ0n) is 20.5. The highest BCUT2D eigenvalue weighted by Gasteiger charge is 2.36. The Hall–Kier alpha value is -3.79. The highest BCUT2D eigenvalue weighted by molar-refractivity contribution is 7.09. The smallest absolute Gasteiger partial charge is 0.273 e. The molecular weight excluding hydrogens is 481 g/mol. The molecule has 36 heavy (non-hydrogen) atoms. The molecule has 3 amide bonds. The summed E-state index contributed by atoms with van der Waals surface area (Å²) in [4.78, 5) is 40.7. The average molecular weight is 512 g/mol. The Balaban J connectivity index is 2.20. The maximum Gasteiger partial charge on any atom is 0.273 e. The van der Waals surface area contributed by atoms with Gasteiger partial charge in [0.1, 0.15) is 16.7 Å². The zero-order valence-corrected chi connectivity index (χ0v) is 21.3. The van der Waals surface area contributed by atoms with Gasteiger partial charge in [-0.25, -0.2) is 4.39 Å². The molecule has 1 atom stereocenters. The van der Waals surface area contributed by atoms with Crippen molar-refractivity contribution >= 4 is 40.6 Å². The van der Waals surface area contributed by atoms with Crippen molar-refractivity contribution in [2.75, 3.05) is 17.2 Å². The lowest BCUT2D eigenvalue weighted by atomic mass is 10.00. The van der Waals surface area contributed by atoms with E-state index >= 15 is 0 Å². The Labute approximate surface area is 213 Å². The lowest BCUT2D eigenvalue weighted by molar-refractivity contribution is -0.122. The minimum atomic E-state index is -1.14. The van der Waals surface area contributed by atoms with Crippen LogP contribution in [0.5, 0.6) is 0 Å². The van der Waals surface area contributed by atoms with Gasteiger partial charge in [0.05, 0.1) is 5.69 Å². The van der Waals surface area contributed by atoms with Crippen LogP contribution in [-0.2, 0) is 11.2 Å². The second kappa shape index (κ2) is 11.8. The van der Waals surface area contributed by atoms with Crippen molar-refractivity contribution in [3.63, 3.8) is 0 Å². The highest BCUT2D eigenvalue weighted by atomic mass is 32.1. The van der Waals surface area contributed by atoms with E-state index in [0.29, 0.717) is 30.1 Å². The molecule has 8 nitrogen and oxygen atoms in total. The average Bonchev–Trinajstić information content (AvgIpc) is 3.24. The number of amides is 3. The number of para-hydroxylation sites is 1. The molecule has 5 N–H and O–H groups in total. The first-order valence-electron chi connectivity index (χ1n) is 11.6. The van der Waals surface area contributed by atoms with Gasteiger partial charge >= 0.3 is 0 Å². The summed E-state index contributed by atoms with van der Waals surface area (Å²) in [5, 5.41) is 2.92. The summed E-state index contributed by atoms with van der Waals surface area (Å²) >= 11 is 0.739. The summed E-state index contributed by atoms with van der Waals surface area (Å²) in [7, 11) is 0. The molecular formula is C26H30FN5O3S. The maximum absolute atomic E-state index is 14.0. The lowest BCUT2D eigenvalue weighted by Gasteiger charge is -2.32. The summed E-state index contributed by atoms with van der Waals surface area (Å²) < 4.78 is 17.7. The molecule has 3 aromatic rings. The third-order valence-corrected chi connectivity index (χ3v) is 6.57. The third kappa shape index (κ3) is 5.88. The Kier molecular flexibility index (Phi) is 8.76. The van der Waals surface area contributed by atoms with Crippen molar-refractivity contribution in [1.29, 1.82) is 0 Å². The molecule has 2 aromatic carbocycles. The minimum absolute atomic E-state index is 0.0169. The molecule has 1 aromatic heterocycles. The molecule has 190 valence electrons. The minimum Gasteiger partial charge on any atom is -0.395 e. The molecule has 0 aliphatic carbocycles. The molecule has 0 aliphatic heterocycles. The molecule has 10 heteroatoms. The van der Waals surface area contributed by atoms with Gasteiger partial charge in [-0.1, -0.05) is 51.1 Å². The molecule has 1 heterocycles. The number of carbonyl (C=O) groups excluding carboxylic acids is 3. The van der Waals surface area contributed by atoms with E-state index in [1.165, 1.54) is 29.2 Å². The largest absolute Gasteiger partial charge is 0.395 e. The van der Waals surface area contributed by atoms with E-state index in [0.717, 1.165) is 23.5 Å². The van der Waals surface area contributed by atoms with Crippen molar-refractivity contribution in [3.05, 3.63) is 76.0 Å². The molecule has 0 spiro atoms. The second-order valence-electron chi connectivity index (χ2n) is 8.72. The molecule has 0 aliphatic rings. The molecule has 3 rings (SSSR count). The van der Waals surface area contributed by atoms with Gasteiger partial charge in [-0.15, -0.1) is 0 Å². The first-order chi connectivity index (χ1) is 17.1. The van der Waals surface area contributed by atoms with Gasteiger partial charge in [0.25, 0.3) is 11.8 Å². The summed E-state index contributed by atoms with van der Waals surface area (Å²) in [6.45, 7) is 6.42. The fraction of sp³-hybridized carbons (Fsp3) is 0.308. The number of nitrogens with one attached hydrogen (secondary N) is 1. The van der Waals surface area contributed by atoms with Crippen LogP contribution in [0.4, 0.5) is 15.8 Å². The van der Waals surface area contributed by atoms with Crippen LogP contribution in [0, 0.1) is 11.7 Å². The number of carbonyl (C=O) groups is 3. The summed E-state index contributed by atoms with van der Waals surface area (Å²) in [5.41, 5.74) is 12.8. The van der Waals surface area contributed by atoms with E-state index in [2.05, 4.69) is 9.69 Å². The van der Waals surface area contributed by atoms with Gasteiger partial charge in [-0.2, -0.15) is 4.37 Å². The molecule has 0 bridgehead atoms. The Morgan fingerprint density at radius 3 is 2.36 bits per heavy atom. The van der Waals surface area contributed by atoms with E-state index in [4.69, 9.17) is 11.5 Å². The molecule has 0 fully saturated rings. The van der Waals surface area contributed by atoms with Gasteiger partial charge < -0.3 is 16.8 Å². The normalized spacial score (nSPS) is 11.8. The van der Waals surface area contributed by atoms with Crippen molar-refractivity contribution in [2.24, 2.45) is 11.7 Å². The number of hydrogen-bond donors (Lipinski definition) is 3. The SMILES string of the molecule is CCc1ccccc1N(C(=O)c1snc(C(N)=O)c1N)[C@@H](C(=O)NCCC(C)C)c1ccc(F)cc1. The van der Waals surface area contributed by atoms with Crippen LogP contribution in [0.1, 0.15) is 64.5 Å². The first kappa shape index (κ1) is 26.8. The summed E-state index contributed by atoms with van der Waals surface area (Å²) in [6.07, 6.45) is 1.32. The fourth-order valence-electron chi connectivity index (χ4n) is 3.79. The van der Waals surface area contributed by atoms with Crippen LogP contribution < -0.4 is 21.7 Å². The number of primary amides is 1. The van der Waals surface area contributed by atoms with E-state index in [1.807, 2.05) is 32.9 Å². The zero-order chi connectivity index (χ0) is 26.4. The van der Waals surface area contributed by atoms with Crippen LogP contribution in [0.2, 0.25) is 0 Å². The second-order valence-corrected chi connectivity index (χ2v) is 9.50. The van der Waals surface area contributed by atoms with Crippen molar-refractivity contribution in [1.82, 2.24) is 9.69 Å². The lowest BCUT2D eigenvalue weighted by Crippen LogP contribution is -2.44. The van der Waals surface area contributed by atoms with Gasteiger partial charge in [0.2, 0.25) is 5.91 Å². The number of aryl methyl sites for hydroxylation is 1. The molecule has 0 unspecified atom stereocenters. The van der Waals surface area contributed by atoms with Crippen molar-refractivity contribution in [3.8, 4) is 0 Å². The Morgan fingerprint density at radius 1 is 1.11 bits per heavy atom. The summed E-state index contributed by atoms with van der Waals surface area (Å²) in [6, 6.07) is 11.5. The third-order valence-electron chi connectivity index (χ3n) is 5.72. The first-order valence-corrected chi connectivity index (χ1v) is 12.4. The predicted molar refractivity (Wildman–Crippen MR) is 139 cm³/mol. The van der Waals surface area contributed by atoms with E-state index < -0.39 is 29.6 Å². The Bertz CT molecular complexity index is 1240. The Morgan fingerprint density at radius 2 is 1.78 bits per heavy atom. The maximum atomic E-state index is 14.0. The standard InChI is InChI=1S/C26H30FN5O3S/c1-4-16-7-5-6-8-19(16)32(26(35)23-20(28)21(24(29)33)31-36-23)22(17-9-11-18(27)12-10-17)25(34)30-14-13-15(2)3/h5-12,15,22H,4,13-14,28H2,1-3H3,(H2,29,33)(H,30,34)/t22-/m1/s1. The fourth-order valence-corrected chi connectivity index (χ4v) is 4.53. The summed E-state index contributed by atoms with van der Waals surface area (Å²) in [5.74, 6) is -2.02. The van der Waals surface area contributed by atoms with E-state index in [1.54, 1.807) is 12.1 Å². The van der Waals surface area contributed by atoms with E-state index in [9.17, 15) is 18.8 Å². The van der Waals surface area contributed by atoms with Crippen LogP contribution in [0.25, 0.3) is 0 Å². The van der Waals surface area contributed by atoms with Crippen molar-refractivity contribution in [2.45, 2.75) is 39.7 Å². The quantitative estimate of drug-likeness (QED) is 0.377. The molecule has 0 saturated carbocycles. The van der Waals surface area contributed by atoms with Gasteiger partial charge in [-0.05, 0) is 59.6 Å².